The smallest absolute Gasteiger partial charge is 0.313 e. The number of hydrogen-bond acceptors (Lipinski definition) is 3. The molecule has 0 saturated heterocycles. The highest BCUT2D eigenvalue weighted by Gasteiger charge is 2.04. The van der Waals surface area contributed by atoms with Crippen LogP contribution in [0, 0.1) is 13.8 Å². The fraction of sp³-hybridized carbons (Fsp3) is 0.375. The molecular weight excluding hydrogens is 192 g/mol. The summed E-state index contributed by atoms with van der Waals surface area (Å²) in [5, 5.41) is 8.43. The van der Waals surface area contributed by atoms with E-state index in [0.717, 1.165) is 4.21 Å². The van der Waals surface area contributed by atoms with E-state index in [1.807, 2.05) is 19.9 Å². The van der Waals surface area contributed by atoms with Crippen LogP contribution in [0.4, 0.5) is 0 Å². The Balaban J connectivity index is 2.58. The standard InChI is InChI=1S/C8H10O2S2/c1-5-3-8(12-6(5)2)11-4-7(9)10/h3H,4H2,1-2H3,(H,9,10). The molecule has 12 heavy (non-hydrogen) atoms. The van der Waals surface area contributed by atoms with Gasteiger partial charge in [-0.05, 0) is 25.5 Å². The van der Waals surface area contributed by atoms with Crippen LogP contribution in [-0.4, -0.2) is 16.8 Å². The third-order valence-electron chi connectivity index (χ3n) is 1.48. The van der Waals surface area contributed by atoms with Crippen LogP contribution in [0.2, 0.25) is 0 Å². The second kappa shape index (κ2) is 3.96. The minimum Gasteiger partial charge on any atom is -0.481 e. The monoisotopic (exact) mass is 202 g/mol. The Morgan fingerprint density at radius 1 is 1.67 bits per heavy atom. The molecule has 0 bridgehead atoms. The van der Waals surface area contributed by atoms with Gasteiger partial charge in [-0.25, -0.2) is 0 Å². The molecule has 0 aromatic carbocycles. The molecule has 0 aliphatic heterocycles. The van der Waals surface area contributed by atoms with Crippen LogP contribution in [-0.2, 0) is 4.79 Å². The average molecular weight is 202 g/mol. The molecular formula is C8H10O2S2. The fourth-order valence-corrected chi connectivity index (χ4v) is 2.81. The lowest BCUT2D eigenvalue weighted by Gasteiger charge is -1.90. The Morgan fingerprint density at radius 2 is 2.33 bits per heavy atom. The van der Waals surface area contributed by atoms with Gasteiger partial charge in [0.05, 0.1) is 9.96 Å². The Kier molecular flexibility index (Phi) is 3.17. The maximum absolute atomic E-state index is 10.2. The number of rotatable bonds is 3. The molecule has 2 nitrogen and oxygen atoms in total. The van der Waals surface area contributed by atoms with Crippen molar-refractivity contribution in [2.75, 3.05) is 5.75 Å². The summed E-state index contributed by atoms with van der Waals surface area (Å²) in [6, 6.07) is 2.04. The summed E-state index contributed by atoms with van der Waals surface area (Å²) in [4.78, 5) is 11.5. The Bertz CT molecular complexity index is 272. The third-order valence-corrected chi connectivity index (χ3v) is 3.83. The van der Waals surface area contributed by atoms with Gasteiger partial charge >= 0.3 is 5.97 Å². The van der Waals surface area contributed by atoms with Crippen LogP contribution in [0.5, 0.6) is 0 Å². The lowest BCUT2D eigenvalue weighted by atomic mass is 10.3. The van der Waals surface area contributed by atoms with Gasteiger partial charge in [0.15, 0.2) is 0 Å². The second-order valence-corrected chi connectivity index (χ2v) is 5.02. The summed E-state index contributed by atoms with van der Waals surface area (Å²) in [5.41, 5.74) is 1.24. The summed E-state index contributed by atoms with van der Waals surface area (Å²) >= 11 is 3.04. The number of thioether (sulfide) groups is 1. The number of aryl methyl sites for hydroxylation is 2. The van der Waals surface area contributed by atoms with Crippen molar-refractivity contribution in [2.24, 2.45) is 0 Å². The second-order valence-electron chi connectivity index (χ2n) is 2.49. The minimum atomic E-state index is -0.760. The van der Waals surface area contributed by atoms with Gasteiger partial charge in [-0.1, -0.05) is 0 Å². The van der Waals surface area contributed by atoms with E-state index in [0.29, 0.717) is 0 Å². The van der Waals surface area contributed by atoms with E-state index in [9.17, 15) is 4.79 Å². The molecule has 0 unspecified atom stereocenters. The van der Waals surface area contributed by atoms with Gasteiger partial charge in [-0.15, -0.1) is 23.1 Å². The van der Waals surface area contributed by atoms with Crippen LogP contribution in [0.15, 0.2) is 10.3 Å². The summed E-state index contributed by atoms with van der Waals surface area (Å²) < 4.78 is 1.09. The van der Waals surface area contributed by atoms with Gasteiger partial charge in [0.1, 0.15) is 0 Å². The van der Waals surface area contributed by atoms with E-state index >= 15 is 0 Å². The number of carboxylic acid groups (broad SMARTS) is 1. The van der Waals surface area contributed by atoms with Gasteiger partial charge in [-0.2, -0.15) is 0 Å². The van der Waals surface area contributed by atoms with E-state index in [4.69, 9.17) is 5.11 Å². The summed E-state index contributed by atoms with van der Waals surface area (Å²) in [7, 11) is 0. The third kappa shape index (κ3) is 2.53. The first-order chi connectivity index (χ1) is 5.59. The number of thiophene rings is 1. The van der Waals surface area contributed by atoms with Crippen molar-refractivity contribution in [3.63, 3.8) is 0 Å². The van der Waals surface area contributed by atoms with Crippen molar-refractivity contribution < 1.29 is 9.90 Å². The van der Waals surface area contributed by atoms with Crippen molar-refractivity contribution in [1.29, 1.82) is 0 Å². The molecule has 0 radical (unpaired) electrons. The maximum atomic E-state index is 10.2. The van der Waals surface area contributed by atoms with E-state index in [-0.39, 0.29) is 5.75 Å². The molecule has 0 saturated carbocycles. The molecule has 0 aliphatic rings. The first-order valence-electron chi connectivity index (χ1n) is 3.51. The van der Waals surface area contributed by atoms with Crippen molar-refractivity contribution in [2.45, 2.75) is 18.1 Å². The SMILES string of the molecule is Cc1cc(SCC(=O)O)sc1C. The molecule has 0 spiro atoms. The molecule has 1 N–H and O–H groups in total. The fourth-order valence-electron chi connectivity index (χ4n) is 0.743. The molecule has 4 heteroatoms. The van der Waals surface area contributed by atoms with E-state index in [1.54, 1.807) is 11.3 Å². The van der Waals surface area contributed by atoms with Gasteiger partial charge < -0.3 is 5.11 Å². The van der Waals surface area contributed by atoms with Crippen LogP contribution in [0.3, 0.4) is 0 Å². The zero-order valence-electron chi connectivity index (χ0n) is 6.96. The van der Waals surface area contributed by atoms with E-state index < -0.39 is 5.97 Å². The van der Waals surface area contributed by atoms with Crippen LogP contribution < -0.4 is 0 Å². The van der Waals surface area contributed by atoms with Crippen LogP contribution >= 0.6 is 23.1 Å². The highest BCUT2D eigenvalue weighted by molar-refractivity contribution is 8.01. The van der Waals surface area contributed by atoms with Crippen molar-refractivity contribution in [3.8, 4) is 0 Å². The van der Waals surface area contributed by atoms with E-state index in [2.05, 4.69) is 0 Å². The number of carbonyl (C=O) groups is 1. The zero-order chi connectivity index (χ0) is 9.14. The highest BCUT2D eigenvalue weighted by atomic mass is 32.2. The Morgan fingerprint density at radius 3 is 2.75 bits per heavy atom. The Hall–Kier alpha value is -0.480. The molecule has 1 rings (SSSR count). The van der Waals surface area contributed by atoms with Gasteiger partial charge in [-0.3, -0.25) is 4.79 Å². The van der Waals surface area contributed by atoms with Gasteiger partial charge in [0.2, 0.25) is 0 Å². The van der Waals surface area contributed by atoms with Crippen LogP contribution in [0.1, 0.15) is 10.4 Å². The lowest BCUT2D eigenvalue weighted by Crippen LogP contribution is -1.96. The molecule has 1 aromatic heterocycles. The Labute approximate surface area is 79.6 Å². The normalized spacial score (nSPS) is 10.2. The lowest BCUT2D eigenvalue weighted by molar-refractivity contribution is -0.133. The average Bonchev–Trinajstić information content (AvgIpc) is 2.28. The molecule has 0 amide bonds. The van der Waals surface area contributed by atoms with Gasteiger partial charge in [0.25, 0.3) is 0 Å². The topological polar surface area (TPSA) is 37.3 Å². The predicted molar refractivity (Wildman–Crippen MR) is 52.2 cm³/mol. The zero-order valence-corrected chi connectivity index (χ0v) is 8.59. The minimum absolute atomic E-state index is 0.152. The number of carboxylic acids is 1. The molecule has 1 aromatic rings. The quantitative estimate of drug-likeness (QED) is 0.765. The van der Waals surface area contributed by atoms with E-state index in [1.165, 1.54) is 22.2 Å². The largest absolute Gasteiger partial charge is 0.481 e. The van der Waals surface area contributed by atoms with Crippen molar-refractivity contribution in [3.05, 3.63) is 16.5 Å². The molecule has 0 fully saturated rings. The molecule has 0 aliphatic carbocycles. The summed E-state index contributed by atoms with van der Waals surface area (Å²) in [6.45, 7) is 4.08. The van der Waals surface area contributed by atoms with Crippen LogP contribution in [0.25, 0.3) is 0 Å². The first kappa shape index (κ1) is 9.61. The molecule has 1 heterocycles. The van der Waals surface area contributed by atoms with Gasteiger partial charge in [0, 0.05) is 4.88 Å². The van der Waals surface area contributed by atoms with Crippen molar-refractivity contribution >= 4 is 29.1 Å². The predicted octanol–water partition coefficient (Wildman–Crippen LogP) is 2.54. The number of hydrogen-bond donors (Lipinski definition) is 1. The van der Waals surface area contributed by atoms with Crippen molar-refractivity contribution in [1.82, 2.24) is 0 Å². The first-order valence-corrected chi connectivity index (χ1v) is 5.31. The summed E-state index contributed by atoms with van der Waals surface area (Å²) in [6.07, 6.45) is 0. The summed E-state index contributed by atoms with van der Waals surface area (Å²) in [5.74, 6) is -0.608. The molecule has 66 valence electrons. The highest BCUT2D eigenvalue weighted by Crippen LogP contribution is 2.29. The number of aliphatic carboxylic acids is 1. The maximum Gasteiger partial charge on any atom is 0.313 e. The molecule has 0 atom stereocenters.